The van der Waals surface area contributed by atoms with Crippen molar-refractivity contribution in [1.29, 1.82) is 0 Å². The molecule has 20 heavy (non-hydrogen) atoms. The van der Waals surface area contributed by atoms with Crippen LogP contribution in [0, 0.1) is 0 Å². The predicted molar refractivity (Wildman–Crippen MR) is 81.9 cm³/mol. The van der Waals surface area contributed by atoms with Gasteiger partial charge in [0.1, 0.15) is 11.9 Å². The molecule has 0 heterocycles. The van der Waals surface area contributed by atoms with Gasteiger partial charge in [-0.1, -0.05) is 38.0 Å². The molecule has 1 aliphatic carbocycles. The van der Waals surface area contributed by atoms with E-state index in [1.165, 1.54) is 12.0 Å². The maximum absolute atomic E-state index is 10.2. The third-order valence-electron chi connectivity index (χ3n) is 3.91. The third kappa shape index (κ3) is 4.50. The highest BCUT2D eigenvalue weighted by atomic mass is 16.5. The van der Waals surface area contributed by atoms with Crippen LogP contribution in [0.1, 0.15) is 51.0 Å². The van der Waals surface area contributed by atoms with Gasteiger partial charge in [-0.05, 0) is 38.3 Å². The minimum Gasteiger partial charge on any atom is -0.487 e. The Morgan fingerprint density at radius 2 is 2.00 bits per heavy atom. The van der Waals surface area contributed by atoms with E-state index in [9.17, 15) is 5.11 Å². The van der Waals surface area contributed by atoms with Crippen molar-refractivity contribution in [3.63, 3.8) is 0 Å². The summed E-state index contributed by atoms with van der Waals surface area (Å²) in [6, 6.07) is 8.16. The fraction of sp³-hybridized carbons (Fsp3) is 0.647. The SMILES string of the molecule is CCCNCc1ccccc1OC1CCCCCC1O. The second-order valence-electron chi connectivity index (χ2n) is 5.65. The average Bonchev–Trinajstić information content (AvgIpc) is 2.66. The molecule has 1 fully saturated rings. The summed E-state index contributed by atoms with van der Waals surface area (Å²) in [5, 5.41) is 13.6. The summed E-state index contributed by atoms with van der Waals surface area (Å²) in [6.45, 7) is 4.00. The monoisotopic (exact) mass is 277 g/mol. The first-order chi connectivity index (χ1) is 9.81. The highest BCUT2D eigenvalue weighted by molar-refractivity contribution is 5.33. The Hall–Kier alpha value is -1.06. The third-order valence-corrected chi connectivity index (χ3v) is 3.91. The van der Waals surface area contributed by atoms with Crippen LogP contribution >= 0.6 is 0 Å². The quantitative estimate of drug-likeness (QED) is 0.619. The Labute approximate surface area is 122 Å². The average molecular weight is 277 g/mol. The molecule has 0 spiro atoms. The van der Waals surface area contributed by atoms with Gasteiger partial charge < -0.3 is 15.2 Å². The van der Waals surface area contributed by atoms with Gasteiger partial charge in [-0.2, -0.15) is 0 Å². The van der Waals surface area contributed by atoms with Crippen molar-refractivity contribution in [2.75, 3.05) is 6.54 Å². The molecule has 3 nitrogen and oxygen atoms in total. The van der Waals surface area contributed by atoms with Crippen LogP contribution in [0.3, 0.4) is 0 Å². The standard InChI is InChI=1S/C17H27NO2/c1-2-12-18-13-14-8-6-7-10-16(14)20-17-11-5-3-4-9-15(17)19/h6-8,10,15,17-19H,2-5,9,11-13H2,1H3. The van der Waals surface area contributed by atoms with E-state index in [1.807, 2.05) is 18.2 Å². The summed E-state index contributed by atoms with van der Waals surface area (Å²) in [5.74, 6) is 0.919. The van der Waals surface area contributed by atoms with Crippen LogP contribution in [0.4, 0.5) is 0 Å². The molecule has 2 atom stereocenters. The van der Waals surface area contributed by atoms with Crippen LogP contribution in [0.2, 0.25) is 0 Å². The normalized spacial score (nSPS) is 23.3. The summed E-state index contributed by atoms with van der Waals surface area (Å²) in [6.07, 6.45) is 6.04. The first-order valence-electron chi connectivity index (χ1n) is 7.94. The molecule has 112 valence electrons. The Morgan fingerprint density at radius 3 is 2.85 bits per heavy atom. The Balaban J connectivity index is 2.00. The van der Waals surface area contributed by atoms with E-state index in [1.54, 1.807) is 0 Å². The molecule has 2 unspecified atom stereocenters. The topological polar surface area (TPSA) is 41.5 Å². The molecule has 2 rings (SSSR count). The van der Waals surface area contributed by atoms with Gasteiger partial charge >= 0.3 is 0 Å². The number of hydrogen-bond acceptors (Lipinski definition) is 3. The molecule has 1 aromatic carbocycles. The maximum Gasteiger partial charge on any atom is 0.124 e. The largest absolute Gasteiger partial charge is 0.487 e. The predicted octanol–water partition coefficient (Wildman–Crippen LogP) is 3.26. The fourth-order valence-corrected chi connectivity index (χ4v) is 2.72. The van der Waals surface area contributed by atoms with Crippen molar-refractivity contribution >= 4 is 0 Å². The van der Waals surface area contributed by atoms with Gasteiger partial charge in [0.2, 0.25) is 0 Å². The van der Waals surface area contributed by atoms with Crippen LogP contribution in [0.25, 0.3) is 0 Å². The number of nitrogens with one attached hydrogen (secondary N) is 1. The van der Waals surface area contributed by atoms with Crippen LogP contribution in [-0.2, 0) is 6.54 Å². The summed E-state index contributed by atoms with van der Waals surface area (Å²) in [4.78, 5) is 0. The molecular formula is C17H27NO2. The smallest absolute Gasteiger partial charge is 0.124 e. The number of benzene rings is 1. The van der Waals surface area contributed by atoms with Gasteiger partial charge in [0, 0.05) is 12.1 Å². The fourth-order valence-electron chi connectivity index (χ4n) is 2.72. The van der Waals surface area contributed by atoms with Crippen LogP contribution in [-0.4, -0.2) is 23.9 Å². The lowest BCUT2D eigenvalue weighted by Crippen LogP contribution is -2.31. The molecule has 0 radical (unpaired) electrons. The second-order valence-corrected chi connectivity index (χ2v) is 5.65. The van der Waals surface area contributed by atoms with Crippen molar-refractivity contribution in [2.24, 2.45) is 0 Å². The number of hydrogen-bond donors (Lipinski definition) is 2. The molecule has 1 aliphatic rings. The zero-order valence-corrected chi connectivity index (χ0v) is 12.5. The van der Waals surface area contributed by atoms with Gasteiger partial charge in [-0.3, -0.25) is 0 Å². The second kappa shape index (κ2) is 8.28. The molecule has 0 amide bonds. The van der Waals surface area contributed by atoms with Crippen molar-refractivity contribution in [3.8, 4) is 5.75 Å². The van der Waals surface area contributed by atoms with Gasteiger partial charge in [0.05, 0.1) is 6.10 Å². The van der Waals surface area contributed by atoms with Crippen molar-refractivity contribution in [2.45, 2.75) is 64.2 Å². The number of rotatable bonds is 6. The van der Waals surface area contributed by atoms with E-state index in [-0.39, 0.29) is 12.2 Å². The highest BCUT2D eigenvalue weighted by Crippen LogP contribution is 2.25. The van der Waals surface area contributed by atoms with E-state index in [2.05, 4.69) is 18.3 Å². The summed E-state index contributed by atoms with van der Waals surface area (Å²) >= 11 is 0. The lowest BCUT2D eigenvalue weighted by atomic mass is 10.1. The summed E-state index contributed by atoms with van der Waals surface area (Å²) in [5.41, 5.74) is 1.18. The molecule has 2 N–H and O–H groups in total. The van der Waals surface area contributed by atoms with E-state index < -0.39 is 0 Å². The zero-order valence-electron chi connectivity index (χ0n) is 12.5. The number of aliphatic hydroxyl groups excluding tert-OH is 1. The van der Waals surface area contributed by atoms with Crippen LogP contribution in [0.5, 0.6) is 5.75 Å². The molecule has 1 saturated carbocycles. The maximum atomic E-state index is 10.2. The van der Waals surface area contributed by atoms with Gasteiger partial charge in [-0.15, -0.1) is 0 Å². The van der Waals surface area contributed by atoms with Gasteiger partial charge in [0.15, 0.2) is 0 Å². The Bertz CT molecular complexity index is 394. The van der Waals surface area contributed by atoms with Gasteiger partial charge in [0.25, 0.3) is 0 Å². The minimum absolute atomic E-state index is 0.0511. The number of para-hydroxylation sites is 1. The summed E-state index contributed by atoms with van der Waals surface area (Å²) < 4.78 is 6.12. The van der Waals surface area contributed by atoms with E-state index in [0.717, 1.165) is 50.9 Å². The van der Waals surface area contributed by atoms with Crippen LogP contribution < -0.4 is 10.1 Å². The first kappa shape index (κ1) is 15.3. The zero-order chi connectivity index (χ0) is 14.2. The molecule has 3 heteroatoms. The van der Waals surface area contributed by atoms with E-state index >= 15 is 0 Å². The lowest BCUT2D eigenvalue weighted by molar-refractivity contribution is 0.0314. The summed E-state index contributed by atoms with van der Waals surface area (Å²) in [7, 11) is 0. The van der Waals surface area contributed by atoms with Crippen molar-refractivity contribution < 1.29 is 9.84 Å². The van der Waals surface area contributed by atoms with Crippen molar-refractivity contribution in [3.05, 3.63) is 29.8 Å². The molecule has 1 aromatic rings. The molecule has 0 bridgehead atoms. The Morgan fingerprint density at radius 1 is 1.20 bits per heavy atom. The molecular weight excluding hydrogens is 250 g/mol. The number of aliphatic hydroxyl groups is 1. The highest BCUT2D eigenvalue weighted by Gasteiger charge is 2.23. The van der Waals surface area contributed by atoms with E-state index in [4.69, 9.17) is 4.74 Å². The van der Waals surface area contributed by atoms with Gasteiger partial charge in [-0.25, -0.2) is 0 Å². The Kier molecular flexibility index (Phi) is 6.34. The van der Waals surface area contributed by atoms with E-state index in [0.29, 0.717) is 0 Å². The molecule has 0 saturated heterocycles. The lowest BCUT2D eigenvalue weighted by Gasteiger charge is -2.23. The first-order valence-corrected chi connectivity index (χ1v) is 7.94. The van der Waals surface area contributed by atoms with Crippen molar-refractivity contribution in [1.82, 2.24) is 5.32 Å². The van der Waals surface area contributed by atoms with Crippen LogP contribution in [0.15, 0.2) is 24.3 Å². The minimum atomic E-state index is -0.325. The molecule has 0 aliphatic heterocycles. The molecule has 0 aromatic heterocycles. The number of ether oxygens (including phenoxy) is 1.